The molecule has 7 heteroatoms. The van der Waals surface area contributed by atoms with Crippen molar-refractivity contribution in [2.45, 2.75) is 13.0 Å². The Hall–Kier alpha value is -1.30. The molecule has 1 heterocycles. The SMILES string of the molecule is Oc1c(Cl)cc(Cl)cc1CNCCc1ncon1. The Balaban J connectivity index is 1.86. The van der Waals surface area contributed by atoms with E-state index in [1.807, 2.05) is 0 Å². The van der Waals surface area contributed by atoms with Crippen LogP contribution in [0.4, 0.5) is 0 Å². The number of aromatic nitrogens is 2. The zero-order chi connectivity index (χ0) is 13.0. The first kappa shape index (κ1) is 13.1. The van der Waals surface area contributed by atoms with Gasteiger partial charge >= 0.3 is 0 Å². The molecule has 0 aliphatic heterocycles. The number of aromatic hydroxyl groups is 1. The summed E-state index contributed by atoms with van der Waals surface area (Å²) in [4.78, 5) is 3.90. The summed E-state index contributed by atoms with van der Waals surface area (Å²) in [6, 6.07) is 3.17. The lowest BCUT2D eigenvalue weighted by Crippen LogP contribution is -2.17. The molecule has 2 N–H and O–H groups in total. The molecular weight excluding hydrogens is 277 g/mol. The van der Waals surface area contributed by atoms with Gasteiger partial charge < -0.3 is 14.9 Å². The van der Waals surface area contributed by atoms with Gasteiger partial charge in [-0.1, -0.05) is 28.4 Å². The molecule has 0 aliphatic rings. The minimum Gasteiger partial charge on any atom is -0.506 e. The predicted molar refractivity (Wildman–Crippen MR) is 67.8 cm³/mol. The monoisotopic (exact) mass is 287 g/mol. The summed E-state index contributed by atoms with van der Waals surface area (Å²) in [5.74, 6) is 0.684. The summed E-state index contributed by atoms with van der Waals surface area (Å²) >= 11 is 11.7. The fraction of sp³-hybridized carbons (Fsp3) is 0.273. The fourth-order valence-electron chi connectivity index (χ4n) is 1.48. The molecule has 2 rings (SSSR count). The van der Waals surface area contributed by atoms with Gasteiger partial charge in [-0.15, -0.1) is 0 Å². The van der Waals surface area contributed by atoms with E-state index in [9.17, 15) is 5.11 Å². The maximum atomic E-state index is 9.74. The zero-order valence-corrected chi connectivity index (χ0v) is 10.9. The third-order valence-electron chi connectivity index (χ3n) is 2.35. The van der Waals surface area contributed by atoms with Crippen molar-refractivity contribution < 1.29 is 9.63 Å². The van der Waals surface area contributed by atoms with E-state index >= 15 is 0 Å². The molecule has 2 aromatic rings. The molecule has 0 unspecified atom stereocenters. The van der Waals surface area contributed by atoms with E-state index in [0.717, 1.165) is 0 Å². The highest BCUT2D eigenvalue weighted by molar-refractivity contribution is 6.35. The van der Waals surface area contributed by atoms with Gasteiger partial charge in [0.1, 0.15) is 5.75 Å². The molecule has 0 aliphatic carbocycles. The van der Waals surface area contributed by atoms with Gasteiger partial charge in [0.05, 0.1) is 5.02 Å². The Bertz CT molecular complexity index is 517. The lowest BCUT2D eigenvalue weighted by molar-refractivity contribution is 0.409. The van der Waals surface area contributed by atoms with Gasteiger partial charge in [0.15, 0.2) is 5.82 Å². The Morgan fingerprint density at radius 2 is 2.17 bits per heavy atom. The van der Waals surface area contributed by atoms with Crippen molar-refractivity contribution in [2.75, 3.05) is 6.54 Å². The minimum atomic E-state index is 0.0492. The number of nitrogens with zero attached hydrogens (tertiary/aromatic N) is 2. The van der Waals surface area contributed by atoms with Crippen LogP contribution in [0.5, 0.6) is 5.75 Å². The molecule has 5 nitrogen and oxygen atoms in total. The van der Waals surface area contributed by atoms with Crippen LogP contribution in [0.3, 0.4) is 0 Å². The van der Waals surface area contributed by atoms with E-state index in [0.29, 0.717) is 35.9 Å². The van der Waals surface area contributed by atoms with Crippen LogP contribution in [-0.4, -0.2) is 21.8 Å². The van der Waals surface area contributed by atoms with Gasteiger partial charge in [0.2, 0.25) is 6.39 Å². The Morgan fingerprint density at radius 1 is 1.33 bits per heavy atom. The molecule has 0 amide bonds. The lowest BCUT2D eigenvalue weighted by atomic mass is 10.2. The van der Waals surface area contributed by atoms with Crippen molar-refractivity contribution in [3.8, 4) is 5.75 Å². The van der Waals surface area contributed by atoms with Crippen LogP contribution in [0.1, 0.15) is 11.4 Å². The normalized spacial score (nSPS) is 10.8. The maximum absolute atomic E-state index is 9.74. The Kier molecular flexibility index (Phi) is 4.41. The van der Waals surface area contributed by atoms with Gasteiger partial charge in [-0.2, -0.15) is 4.98 Å². The molecular formula is C11H11Cl2N3O2. The van der Waals surface area contributed by atoms with Crippen molar-refractivity contribution in [1.29, 1.82) is 0 Å². The molecule has 0 saturated carbocycles. The molecule has 0 fully saturated rings. The molecule has 1 aromatic heterocycles. The Morgan fingerprint density at radius 3 is 2.89 bits per heavy atom. The number of rotatable bonds is 5. The number of halogens is 2. The number of hydrogen-bond donors (Lipinski definition) is 2. The zero-order valence-electron chi connectivity index (χ0n) is 9.36. The van der Waals surface area contributed by atoms with Crippen molar-refractivity contribution in [1.82, 2.24) is 15.5 Å². The number of phenolic OH excluding ortho intramolecular Hbond substituents is 1. The summed E-state index contributed by atoms with van der Waals surface area (Å²) < 4.78 is 4.62. The molecule has 1 aromatic carbocycles. The van der Waals surface area contributed by atoms with E-state index in [-0.39, 0.29) is 10.8 Å². The first-order valence-electron chi connectivity index (χ1n) is 5.29. The second-order valence-electron chi connectivity index (χ2n) is 3.67. The summed E-state index contributed by atoms with van der Waals surface area (Å²) in [6.45, 7) is 1.12. The van der Waals surface area contributed by atoms with Gasteiger partial charge in [0.25, 0.3) is 0 Å². The van der Waals surface area contributed by atoms with Crippen molar-refractivity contribution >= 4 is 23.2 Å². The summed E-state index contributed by atoms with van der Waals surface area (Å²) in [5, 5.41) is 17.3. The van der Waals surface area contributed by atoms with Crippen LogP contribution in [0.15, 0.2) is 23.0 Å². The quantitative estimate of drug-likeness (QED) is 0.827. The van der Waals surface area contributed by atoms with Crippen LogP contribution in [0.2, 0.25) is 10.0 Å². The third-order valence-corrected chi connectivity index (χ3v) is 2.86. The standard InChI is InChI=1S/C11H11Cl2N3O2/c12-8-3-7(11(17)9(13)4-8)5-14-2-1-10-15-6-18-16-10/h3-4,6,14,17H,1-2,5H2. The van der Waals surface area contributed by atoms with Crippen molar-refractivity contribution in [3.05, 3.63) is 40.0 Å². The van der Waals surface area contributed by atoms with Crippen LogP contribution in [-0.2, 0) is 13.0 Å². The summed E-state index contributed by atoms with van der Waals surface area (Å²) in [7, 11) is 0. The summed E-state index contributed by atoms with van der Waals surface area (Å²) in [6.07, 6.45) is 1.93. The predicted octanol–water partition coefficient (Wildman–Crippen LogP) is 2.41. The van der Waals surface area contributed by atoms with Crippen LogP contribution in [0.25, 0.3) is 0 Å². The van der Waals surface area contributed by atoms with Gasteiger partial charge in [-0.25, -0.2) is 0 Å². The van der Waals surface area contributed by atoms with E-state index in [1.54, 1.807) is 6.07 Å². The molecule has 0 atom stereocenters. The number of phenols is 1. The van der Waals surface area contributed by atoms with E-state index < -0.39 is 0 Å². The van der Waals surface area contributed by atoms with Crippen molar-refractivity contribution in [3.63, 3.8) is 0 Å². The molecule has 96 valence electrons. The van der Waals surface area contributed by atoms with Crippen LogP contribution >= 0.6 is 23.2 Å². The number of nitrogens with one attached hydrogen (secondary N) is 1. The minimum absolute atomic E-state index is 0.0492. The second-order valence-corrected chi connectivity index (χ2v) is 4.51. The lowest BCUT2D eigenvalue weighted by Gasteiger charge is -2.08. The summed E-state index contributed by atoms with van der Waals surface area (Å²) in [5.41, 5.74) is 0.653. The number of hydrogen-bond acceptors (Lipinski definition) is 5. The molecule has 0 saturated heterocycles. The Labute approximate surface area is 114 Å². The first-order chi connectivity index (χ1) is 8.66. The second kappa shape index (κ2) is 6.04. The topological polar surface area (TPSA) is 71.2 Å². The highest BCUT2D eigenvalue weighted by atomic mass is 35.5. The van der Waals surface area contributed by atoms with Crippen LogP contribution in [0, 0.1) is 0 Å². The van der Waals surface area contributed by atoms with Gasteiger partial charge in [-0.05, 0) is 12.1 Å². The van der Waals surface area contributed by atoms with Crippen LogP contribution < -0.4 is 5.32 Å². The molecule has 18 heavy (non-hydrogen) atoms. The average Bonchev–Trinajstić information content (AvgIpc) is 2.83. The number of benzene rings is 1. The molecule has 0 radical (unpaired) electrons. The molecule has 0 bridgehead atoms. The third kappa shape index (κ3) is 3.35. The average molecular weight is 288 g/mol. The van der Waals surface area contributed by atoms with E-state index in [2.05, 4.69) is 20.0 Å². The highest BCUT2D eigenvalue weighted by Crippen LogP contribution is 2.30. The first-order valence-corrected chi connectivity index (χ1v) is 6.05. The van der Waals surface area contributed by atoms with E-state index in [4.69, 9.17) is 23.2 Å². The van der Waals surface area contributed by atoms with E-state index in [1.165, 1.54) is 12.5 Å². The smallest absolute Gasteiger partial charge is 0.213 e. The van der Waals surface area contributed by atoms with Gasteiger partial charge in [0, 0.05) is 30.1 Å². The van der Waals surface area contributed by atoms with Crippen molar-refractivity contribution in [2.24, 2.45) is 0 Å². The molecule has 0 spiro atoms. The largest absolute Gasteiger partial charge is 0.506 e. The highest BCUT2D eigenvalue weighted by Gasteiger charge is 2.07. The van der Waals surface area contributed by atoms with Gasteiger partial charge in [-0.3, -0.25) is 0 Å². The fourth-order valence-corrected chi connectivity index (χ4v) is 2.02. The maximum Gasteiger partial charge on any atom is 0.213 e.